The van der Waals surface area contributed by atoms with Crippen LogP contribution in [-0.4, -0.2) is 68.2 Å². The Morgan fingerprint density at radius 3 is 2.28 bits per heavy atom. The van der Waals surface area contributed by atoms with Gasteiger partial charge in [0.05, 0.1) is 32.6 Å². The number of rotatable bonds is 7. The van der Waals surface area contributed by atoms with E-state index in [0.29, 0.717) is 30.2 Å². The van der Waals surface area contributed by atoms with Gasteiger partial charge >= 0.3 is 0 Å². The van der Waals surface area contributed by atoms with E-state index < -0.39 is 0 Å². The third-order valence-electron chi connectivity index (χ3n) is 5.57. The molecular formula is C24H27N3O4S. The van der Waals surface area contributed by atoms with Crippen molar-refractivity contribution in [1.29, 1.82) is 0 Å². The molecule has 1 aromatic heterocycles. The Kier molecular flexibility index (Phi) is 6.92. The summed E-state index contributed by atoms with van der Waals surface area (Å²) in [6.07, 6.45) is 0. The molecule has 0 radical (unpaired) electrons. The normalized spacial score (nSPS) is 14.3. The van der Waals surface area contributed by atoms with Crippen LogP contribution in [0, 0.1) is 0 Å². The van der Waals surface area contributed by atoms with Gasteiger partial charge in [0.25, 0.3) is 5.91 Å². The maximum Gasteiger partial charge on any atom is 0.257 e. The first-order valence-electron chi connectivity index (χ1n) is 10.4. The van der Waals surface area contributed by atoms with Crippen LogP contribution < -0.4 is 14.2 Å². The zero-order chi connectivity index (χ0) is 22.5. The van der Waals surface area contributed by atoms with E-state index in [4.69, 9.17) is 19.2 Å². The molecule has 0 N–H and O–H groups in total. The molecule has 0 saturated carbocycles. The summed E-state index contributed by atoms with van der Waals surface area (Å²) in [4.78, 5) is 22.1. The van der Waals surface area contributed by atoms with E-state index in [1.165, 1.54) is 0 Å². The zero-order valence-corrected chi connectivity index (χ0v) is 19.4. The highest BCUT2D eigenvalue weighted by Gasteiger charge is 2.25. The molecule has 8 heteroatoms. The molecule has 1 aliphatic rings. The van der Waals surface area contributed by atoms with Crippen LogP contribution in [0.1, 0.15) is 16.1 Å². The number of aromatic nitrogens is 1. The molecule has 1 aliphatic heterocycles. The summed E-state index contributed by atoms with van der Waals surface area (Å²) in [6.45, 7) is 3.70. The van der Waals surface area contributed by atoms with Crippen molar-refractivity contribution in [3.63, 3.8) is 0 Å². The monoisotopic (exact) mass is 453 g/mol. The van der Waals surface area contributed by atoms with Gasteiger partial charge in [-0.15, -0.1) is 11.3 Å². The summed E-state index contributed by atoms with van der Waals surface area (Å²) < 4.78 is 15.9. The van der Waals surface area contributed by atoms with Crippen molar-refractivity contribution >= 4 is 17.2 Å². The first kappa shape index (κ1) is 22.1. The second kappa shape index (κ2) is 10.0. The number of methoxy groups -OCH3 is 3. The predicted molar refractivity (Wildman–Crippen MR) is 125 cm³/mol. The molecule has 0 aliphatic carbocycles. The second-order valence-corrected chi connectivity index (χ2v) is 8.37. The van der Waals surface area contributed by atoms with Crippen LogP contribution in [0.15, 0.2) is 47.8 Å². The summed E-state index contributed by atoms with van der Waals surface area (Å²) in [7, 11) is 4.83. The molecule has 7 nitrogen and oxygen atoms in total. The van der Waals surface area contributed by atoms with Gasteiger partial charge in [0.2, 0.25) is 0 Å². The average molecular weight is 454 g/mol. The van der Waals surface area contributed by atoms with Gasteiger partial charge < -0.3 is 19.1 Å². The summed E-state index contributed by atoms with van der Waals surface area (Å²) in [6, 6.07) is 13.3. The first-order valence-corrected chi connectivity index (χ1v) is 11.3. The molecule has 0 spiro atoms. The maximum atomic E-state index is 13.1. The SMILES string of the molecule is COc1ccc(-c2nc(CN3CCN(C(=O)c4cc(OC)ccc4OC)CC3)cs2)cc1. The van der Waals surface area contributed by atoms with Crippen molar-refractivity contribution in [2.75, 3.05) is 47.5 Å². The van der Waals surface area contributed by atoms with Crippen LogP contribution in [0.4, 0.5) is 0 Å². The van der Waals surface area contributed by atoms with E-state index in [9.17, 15) is 4.79 Å². The molecular weight excluding hydrogens is 426 g/mol. The van der Waals surface area contributed by atoms with E-state index in [2.05, 4.69) is 10.3 Å². The number of hydrogen-bond acceptors (Lipinski definition) is 7. The Morgan fingerprint density at radius 1 is 0.938 bits per heavy atom. The molecule has 1 amide bonds. The molecule has 0 bridgehead atoms. The van der Waals surface area contributed by atoms with Gasteiger partial charge in [-0.25, -0.2) is 4.98 Å². The largest absolute Gasteiger partial charge is 0.497 e. The lowest BCUT2D eigenvalue weighted by molar-refractivity contribution is 0.0623. The van der Waals surface area contributed by atoms with Crippen LogP contribution in [-0.2, 0) is 6.54 Å². The third-order valence-corrected chi connectivity index (χ3v) is 6.51. The van der Waals surface area contributed by atoms with E-state index in [-0.39, 0.29) is 5.91 Å². The van der Waals surface area contributed by atoms with Crippen molar-refractivity contribution in [3.05, 3.63) is 59.1 Å². The van der Waals surface area contributed by atoms with Gasteiger partial charge in [-0.2, -0.15) is 0 Å². The summed E-state index contributed by atoms with van der Waals surface area (Å²) >= 11 is 1.65. The number of thiazole rings is 1. The van der Waals surface area contributed by atoms with Crippen LogP contribution in [0.5, 0.6) is 17.2 Å². The molecule has 1 saturated heterocycles. The lowest BCUT2D eigenvalue weighted by Crippen LogP contribution is -2.48. The van der Waals surface area contributed by atoms with Gasteiger partial charge in [-0.05, 0) is 42.5 Å². The highest BCUT2D eigenvalue weighted by atomic mass is 32.1. The molecule has 2 aromatic carbocycles. The quantitative estimate of drug-likeness (QED) is 0.542. The number of benzene rings is 2. The summed E-state index contributed by atoms with van der Waals surface area (Å²) in [5.74, 6) is 2.01. The number of ether oxygens (including phenoxy) is 3. The number of hydrogen-bond donors (Lipinski definition) is 0. The fourth-order valence-corrected chi connectivity index (χ4v) is 4.55. The molecule has 0 atom stereocenters. The van der Waals surface area contributed by atoms with E-state index in [1.807, 2.05) is 29.2 Å². The minimum Gasteiger partial charge on any atom is -0.497 e. The first-order chi connectivity index (χ1) is 15.6. The Labute approximate surface area is 192 Å². The average Bonchev–Trinajstić information content (AvgIpc) is 3.32. The van der Waals surface area contributed by atoms with Gasteiger partial charge in [0, 0.05) is 43.7 Å². The highest BCUT2D eigenvalue weighted by molar-refractivity contribution is 7.13. The number of piperazine rings is 1. The van der Waals surface area contributed by atoms with Crippen molar-refractivity contribution < 1.29 is 19.0 Å². The fraction of sp³-hybridized carbons (Fsp3) is 0.333. The van der Waals surface area contributed by atoms with Crippen molar-refractivity contribution in [2.24, 2.45) is 0 Å². The molecule has 2 heterocycles. The predicted octanol–water partition coefficient (Wildman–Crippen LogP) is 3.79. The third kappa shape index (κ3) is 4.87. The number of carbonyl (C=O) groups excluding carboxylic acids is 1. The lowest BCUT2D eigenvalue weighted by Gasteiger charge is -2.34. The highest BCUT2D eigenvalue weighted by Crippen LogP contribution is 2.27. The van der Waals surface area contributed by atoms with Crippen LogP contribution in [0.25, 0.3) is 10.6 Å². The topological polar surface area (TPSA) is 64.1 Å². The zero-order valence-electron chi connectivity index (χ0n) is 18.5. The van der Waals surface area contributed by atoms with Gasteiger partial charge in [0.15, 0.2) is 0 Å². The van der Waals surface area contributed by atoms with Crippen molar-refractivity contribution in [3.8, 4) is 27.8 Å². The number of carbonyl (C=O) groups is 1. The molecule has 3 aromatic rings. The van der Waals surface area contributed by atoms with Crippen LogP contribution in [0.3, 0.4) is 0 Å². The fourth-order valence-electron chi connectivity index (χ4n) is 3.74. The molecule has 32 heavy (non-hydrogen) atoms. The molecule has 4 rings (SSSR count). The van der Waals surface area contributed by atoms with E-state index >= 15 is 0 Å². The number of nitrogens with zero attached hydrogens (tertiary/aromatic N) is 3. The Bertz CT molecular complexity index is 1060. The van der Waals surface area contributed by atoms with Crippen LogP contribution in [0.2, 0.25) is 0 Å². The standard InChI is InChI=1S/C24H27N3O4S/c1-29-19-6-4-17(5-7-19)23-25-18(16-32-23)15-26-10-12-27(13-11-26)24(28)21-14-20(30-2)8-9-22(21)31-3/h4-9,14,16H,10-13,15H2,1-3H3. The van der Waals surface area contributed by atoms with Crippen molar-refractivity contribution in [2.45, 2.75) is 6.54 Å². The van der Waals surface area contributed by atoms with Crippen molar-refractivity contribution in [1.82, 2.24) is 14.8 Å². The number of amides is 1. The lowest BCUT2D eigenvalue weighted by atomic mass is 10.1. The summed E-state index contributed by atoms with van der Waals surface area (Å²) in [5, 5.41) is 3.11. The molecule has 168 valence electrons. The van der Waals surface area contributed by atoms with Gasteiger partial charge in [-0.3, -0.25) is 9.69 Å². The van der Waals surface area contributed by atoms with Gasteiger partial charge in [-0.1, -0.05) is 0 Å². The maximum absolute atomic E-state index is 13.1. The second-order valence-electron chi connectivity index (χ2n) is 7.51. The summed E-state index contributed by atoms with van der Waals surface area (Å²) in [5.41, 5.74) is 2.67. The molecule has 1 fully saturated rings. The smallest absolute Gasteiger partial charge is 0.257 e. The Morgan fingerprint density at radius 2 is 1.62 bits per heavy atom. The minimum absolute atomic E-state index is 0.0316. The Hall–Kier alpha value is -3.10. The Balaban J connectivity index is 1.35. The van der Waals surface area contributed by atoms with E-state index in [0.717, 1.165) is 41.6 Å². The van der Waals surface area contributed by atoms with Gasteiger partial charge in [0.1, 0.15) is 22.3 Å². The van der Waals surface area contributed by atoms with Crippen LogP contribution >= 0.6 is 11.3 Å². The minimum atomic E-state index is -0.0316. The van der Waals surface area contributed by atoms with E-state index in [1.54, 1.807) is 50.9 Å². The molecule has 0 unspecified atom stereocenters.